The number of hydrogen-bond donors (Lipinski definition) is 1. The second kappa shape index (κ2) is 5.81. The lowest BCUT2D eigenvalue weighted by atomic mass is 9.84. The van der Waals surface area contributed by atoms with Gasteiger partial charge in [0.1, 0.15) is 0 Å². The van der Waals surface area contributed by atoms with Gasteiger partial charge in [-0.15, -0.1) is 0 Å². The molecule has 0 radical (unpaired) electrons. The fourth-order valence-electron chi connectivity index (χ4n) is 3.74. The first-order chi connectivity index (χ1) is 11.7. The molecule has 0 aromatic heterocycles. The first-order valence-electron chi connectivity index (χ1n) is 8.39. The molecule has 0 spiro atoms. The number of hydrogen-bond acceptors (Lipinski definition) is 3. The molecule has 1 aliphatic rings. The van der Waals surface area contributed by atoms with Crippen molar-refractivity contribution >= 4 is 17.4 Å². The summed E-state index contributed by atoms with van der Waals surface area (Å²) in [6, 6.07) is 9.14. The van der Waals surface area contributed by atoms with Crippen LogP contribution in [0.25, 0.3) is 0 Å². The molecule has 1 heterocycles. The Balaban J connectivity index is 2.07. The zero-order valence-corrected chi connectivity index (χ0v) is 15.3. The molecule has 2 aromatic rings. The van der Waals surface area contributed by atoms with E-state index in [0.717, 1.165) is 22.3 Å². The fourth-order valence-corrected chi connectivity index (χ4v) is 3.74. The maximum Gasteiger partial charge on any atom is 0.263 e. The molecule has 0 saturated carbocycles. The number of aliphatic hydroxyl groups is 1. The number of fused-ring (bicyclic) bond motifs is 1. The quantitative estimate of drug-likeness (QED) is 0.874. The summed E-state index contributed by atoms with van der Waals surface area (Å²) >= 11 is 0. The normalized spacial score (nSPS) is 19.3. The van der Waals surface area contributed by atoms with Crippen molar-refractivity contribution in [2.24, 2.45) is 0 Å². The van der Waals surface area contributed by atoms with E-state index in [4.69, 9.17) is 0 Å². The number of aryl methyl sites for hydroxylation is 2. The number of carbonyl (C=O) groups excluding carboxylic acids is 2. The molecule has 1 aliphatic heterocycles. The SMILES string of the molecule is Cc1cc(C)c(C)c(C(=O)C[C@]2(O)C(=O)N(C)c3ccccc32)c1C. The van der Waals surface area contributed by atoms with Gasteiger partial charge in [-0.2, -0.15) is 0 Å². The summed E-state index contributed by atoms with van der Waals surface area (Å²) in [6.07, 6.45) is -0.252. The van der Waals surface area contributed by atoms with Crippen molar-refractivity contribution < 1.29 is 14.7 Å². The van der Waals surface area contributed by atoms with Crippen LogP contribution in [0, 0.1) is 27.7 Å². The Kier molecular flexibility index (Phi) is 4.04. The van der Waals surface area contributed by atoms with Crippen molar-refractivity contribution in [3.05, 3.63) is 63.7 Å². The van der Waals surface area contributed by atoms with Gasteiger partial charge in [0.25, 0.3) is 5.91 Å². The Bertz CT molecular complexity index is 874. The highest BCUT2D eigenvalue weighted by Crippen LogP contribution is 2.42. The van der Waals surface area contributed by atoms with Crippen LogP contribution in [0.3, 0.4) is 0 Å². The molecule has 4 nitrogen and oxygen atoms in total. The van der Waals surface area contributed by atoms with Crippen molar-refractivity contribution in [3.63, 3.8) is 0 Å². The smallest absolute Gasteiger partial charge is 0.263 e. The number of carbonyl (C=O) groups is 2. The molecule has 1 atom stereocenters. The Morgan fingerprint density at radius 3 is 2.24 bits per heavy atom. The second-order valence-corrected chi connectivity index (χ2v) is 6.98. The van der Waals surface area contributed by atoms with E-state index in [9.17, 15) is 14.7 Å². The Labute approximate surface area is 148 Å². The van der Waals surface area contributed by atoms with E-state index in [0.29, 0.717) is 16.8 Å². The maximum absolute atomic E-state index is 13.1. The molecule has 3 rings (SSSR count). The highest BCUT2D eigenvalue weighted by atomic mass is 16.3. The number of Topliss-reactive ketones (excluding diaryl/α,β-unsaturated/α-hetero) is 1. The van der Waals surface area contributed by atoms with Gasteiger partial charge in [0.2, 0.25) is 0 Å². The Morgan fingerprint density at radius 1 is 1.08 bits per heavy atom. The average molecular weight is 337 g/mol. The monoisotopic (exact) mass is 337 g/mol. The van der Waals surface area contributed by atoms with Crippen LogP contribution in [-0.4, -0.2) is 23.8 Å². The number of benzene rings is 2. The number of ketones is 1. The van der Waals surface area contributed by atoms with Crippen molar-refractivity contribution in [1.82, 2.24) is 0 Å². The number of nitrogens with zero attached hydrogens (tertiary/aromatic N) is 1. The lowest BCUT2D eigenvalue weighted by Gasteiger charge is -2.23. The lowest BCUT2D eigenvalue weighted by molar-refractivity contribution is -0.135. The van der Waals surface area contributed by atoms with Gasteiger partial charge < -0.3 is 10.0 Å². The van der Waals surface area contributed by atoms with Crippen molar-refractivity contribution in [2.75, 3.05) is 11.9 Å². The van der Waals surface area contributed by atoms with E-state index in [1.807, 2.05) is 33.8 Å². The molecule has 0 fully saturated rings. The number of likely N-dealkylation sites (N-methyl/N-ethyl adjacent to an activating group) is 1. The van der Waals surface area contributed by atoms with Gasteiger partial charge in [-0.1, -0.05) is 24.3 Å². The van der Waals surface area contributed by atoms with Crippen LogP contribution in [0.5, 0.6) is 0 Å². The van der Waals surface area contributed by atoms with E-state index >= 15 is 0 Å². The van der Waals surface area contributed by atoms with Crippen LogP contribution in [0.4, 0.5) is 5.69 Å². The summed E-state index contributed by atoms with van der Waals surface area (Å²) in [5.74, 6) is -0.663. The van der Waals surface area contributed by atoms with Crippen LogP contribution in [0.15, 0.2) is 30.3 Å². The summed E-state index contributed by atoms with van der Waals surface area (Å²) in [4.78, 5) is 27.2. The molecule has 25 heavy (non-hydrogen) atoms. The van der Waals surface area contributed by atoms with Gasteiger partial charge in [-0.3, -0.25) is 9.59 Å². The van der Waals surface area contributed by atoms with E-state index < -0.39 is 11.5 Å². The molecule has 0 bridgehead atoms. The van der Waals surface area contributed by atoms with Gasteiger partial charge in [0.15, 0.2) is 11.4 Å². The summed E-state index contributed by atoms with van der Waals surface area (Å²) in [7, 11) is 1.62. The predicted octanol–water partition coefficient (Wildman–Crippen LogP) is 3.36. The van der Waals surface area contributed by atoms with Crippen molar-refractivity contribution in [1.29, 1.82) is 0 Å². The highest BCUT2D eigenvalue weighted by molar-refractivity contribution is 6.11. The van der Waals surface area contributed by atoms with E-state index in [-0.39, 0.29) is 12.2 Å². The minimum atomic E-state index is -1.81. The summed E-state index contributed by atoms with van der Waals surface area (Å²) in [6.45, 7) is 7.76. The topological polar surface area (TPSA) is 57.6 Å². The maximum atomic E-state index is 13.1. The third-order valence-electron chi connectivity index (χ3n) is 5.43. The Hall–Kier alpha value is -2.46. The van der Waals surface area contributed by atoms with Crippen LogP contribution in [-0.2, 0) is 10.4 Å². The van der Waals surface area contributed by atoms with Gasteiger partial charge in [0, 0.05) is 18.2 Å². The van der Waals surface area contributed by atoms with Crippen molar-refractivity contribution in [2.45, 2.75) is 39.7 Å². The van der Waals surface area contributed by atoms with Crippen LogP contribution in [0.1, 0.15) is 44.6 Å². The third-order valence-corrected chi connectivity index (χ3v) is 5.43. The molecule has 4 heteroatoms. The van der Waals surface area contributed by atoms with Crippen LogP contribution in [0.2, 0.25) is 0 Å². The predicted molar refractivity (Wildman–Crippen MR) is 98.1 cm³/mol. The number of amides is 1. The largest absolute Gasteiger partial charge is 0.375 e. The second-order valence-electron chi connectivity index (χ2n) is 6.98. The number of anilines is 1. The molecule has 0 saturated heterocycles. The lowest BCUT2D eigenvalue weighted by Crippen LogP contribution is -2.40. The summed E-state index contributed by atoms with van der Waals surface area (Å²) in [5, 5.41) is 11.1. The molecule has 130 valence electrons. The zero-order valence-electron chi connectivity index (χ0n) is 15.3. The average Bonchev–Trinajstić information content (AvgIpc) is 2.76. The number of rotatable bonds is 3. The van der Waals surface area contributed by atoms with Gasteiger partial charge in [-0.05, 0) is 56.0 Å². The zero-order chi connectivity index (χ0) is 18.5. The first kappa shape index (κ1) is 17.4. The standard InChI is InChI=1S/C21H23NO3/c1-12-10-13(2)15(4)19(14(12)3)18(23)11-21(25)16-8-6-7-9-17(16)22(5)20(21)24/h6-10,25H,11H2,1-5H3/t21-/m1/s1. The minimum Gasteiger partial charge on any atom is -0.375 e. The van der Waals surface area contributed by atoms with E-state index in [2.05, 4.69) is 6.07 Å². The Morgan fingerprint density at radius 2 is 1.64 bits per heavy atom. The minimum absolute atomic E-state index is 0.206. The first-order valence-corrected chi connectivity index (χ1v) is 8.39. The van der Waals surface area contributed by atoms with Gasteiger partial charge in [0.05, 0.1) is 12.1 Å². The molecular weight excluding hydrogens is 314 g/mol. The van der Waals surface area contributed by atoms with E-state index in [1.54, 1.807) is 25.2 Å². The molecular formula is C21H23NO3. The van der Waals surface area contributed by atoms with Gasteiger partial charge >= 0.3 is 0 Å². The molecule has 2 aromatic carbocycles. The fraction of sp³-hybridized carbons (Fsp3) is 0.333. The third kappa shape index (κ3) is 2.48. The van der Waals surface area contributed by atoms with Crippen LogP contribution >= 0.6 is 0 Å². The molecule has 1 N–H and O–H groups in total. The molecule has 1 amide bonds. The van der Waals surface area contributed by atoms with Crippen molar-refractivity contribution in [3.8, 4) is 0 Å². The summed E-state index contributed by atoms with van der Waals surface area (Å²) < 4.78 is 0. The highest BCUT2D eigenvalue weighted by Gasteiger charge is 2.49. The van der Waals surface area contributed by atoms with E-state index in [1.165, 1.54) is 4.90 Å². The molecule has 0 unspecified atom stereocenters. The molecule has 0 aliphatic carbocycles. The number of para-hydroxylation sites is 1. The van der Waals surface area contributed by atoms with Gasteiger partial charge in [-0.25, -0.2) is 0 Å². The van der Waals surface area contributed by atoms with Crippen LogP contribution < -0.4 is 4.90 Å². The summed E-state index contributed by atoms with van der Waals surface area (Å²) in [5.41, 5.74) is 3.84.